The standard InChI is InChI=1S/C11H12ClN3O/c1-8-4-3-7-13-10(8)11-15-14-9(16-11)5-2-6-12/h3-4,7H,2,5-6H2,1H3. The predicted octanol–water partition coefficient (Wildman–Crippen LogP) is 2.61. The minimum Gasteiger partial charge on any atom is -0.419 e. The summed E-state index contributed by atoms with van der Waals surface area (Å²) in [7, 11) is 0. The highest BCUT2D eigenvalue weighted by atomic mass is 35.5. The van der Waals surface area contributed by atoms with Gasteiger partial charge in [0.05, 0.1) is 0 Å². The van der Waals surface area contributed by atoms with Crippen molar-refractivity contribution < 1.29 is 4.42 Å². The van der Waals surface area contributed by atoms with E-state index in [0.717, 1.165) is 17.7 Å². The van der Waals surface area contributed by atoms with Crippen molar-refractivity contribution in [3.8, 4) is 11.6 Å². The minimum absolute atomic E-state index is 0.475. The molecule has 0 bridgehead atoms. The Balaban J connectivity index is 2.22. The maximum absolute atomic E-state index is 5.60. The van der Waals surface area contributed by atoms with Gasteiger partial charge in [-0.05, 0) is 25.0 Å². The number of pyridine rings is 1. The van der Waals surface area contributed by atoms with Crippen LogP contribution in [0.5, 0.6) is 0 Å². The number of rotatable bonds is 4. The van der Waals surface area contributed by atoms with Crippen molar-refractivity contribution in [3.05, 3.63) is 29.8 Å². The zero-order chi connectivity index (χ0) is 11.4. The molecule has 0 spiro atoms. The molecular formula is C11H12ClN3O. The molecule has 0 saturated carbocycles. The van der Waals surface area contributed by atoms with E-state index in [1.165, 1.54) is 0 Å². The van der Waals surface area contributed by atoms with E-state index in [4.69, 9.17) is 16.0 Å². The molecule has 0 saturated heterocycles. The molecule has 2 aromatic rings. The van der Waals surface area contributed by atoms with E-state index >= 15 is 0 Å². The fraction of sp³-hybridized carbons (Fsp3) is 0.364. The number of hydrogen-bond acceptors (Lipinski definition) is 4. The maximum Gasteiger partial charge on any atom is 0.266 e. The fourth-order valence-corrected chi connectivity index (χ4v) is 1.51. The third-order valence-electron chi connectivity index (χ3n) is 2.20. The quantitative estimate of drug-likeness (QED) is 0.767. The lowest BCUT2D eigenvalue weighted by molar-refractivity contribution is 0.501. The van der Waals surface area contributed by atoms with Crippen molar-refractivity contribution in [1.29, 1.82) is 0 Å². The van der Waals surface area contributed by atoms with E-state index in [1.54, 1.807) is 6.20 Å². The monoisotopic (exact) mass is 237 g/mol. The van der Waals surface area contributed by atoms with Crippen LogP contribution in [0.15, 0.2) is 22.7 Å². The van der Waals surface area contributed by atoms with Crippen LogP contribution in [-0.2, 0) is 6.42 Å². The molecule has 0 aliphatic rings. The van der Waals surface area contributed by atoms with Crippen LogP contribution in [0.25, 0.3) is 11.6 Å². The van der Waals surface area contributed by atoms with Crippen LogP contribution in [0, 0.1) is 6.92 Å². The summed E-state index contributed by atoms with van der Waals surface area (Å²) in [6.07, 6.45) is 3.26. The molecule has 5 heteroatoms. The Hall–Kier alpha value is -1.42. The average Bonchev–Trinajstić information content (AvgIpc) is 2.75. The third kappa shape index (κ3) is 2.39. The molecule has 0 radical (unpaired) electrons. The second kappa shape index (κ2) is 5.07. The molecule has 0 N–H and O–H groups in total. The summed E-state index contributed by atoms with van der Waals surface area (Å²) in [6, 6.07) is 3.84. The SMILES string of the molecule is Cc1cccnc1-c1nnc(CCCCl)o1. The molecule has 0 atom stereocenters. The van der Waals surface area contributed by atoms with E-state index in [9.17, 15) is 0 Å². The highest BCUT2D eigenvalue weighted by Gasteiger charge is 2.11. The lowest BCUT2D eigenvalue weighted by atomic mass is 10.2. The minimum atomic E-state index is 0.475. The molecule has 2 rings (SSSR count). The zero-order valence-corrected chi connectivity index (χ0v) is 9.74. The van der Waals surface area contributed by atoms with Gasteiger partial charge in [0.1, 0.15) is 5.69 Å². The summed E-state index contributed by atoms with van der Waals surface area (Å²) in [6.45, 7) is 1.96. The first-order chi connectivity index (χ1) is 7.81. The van der Waals surface area contributed by atoms with Crippen molar-refractivity contribution >= 4 is 11.6 Å². The van der Waals surface area contributed by atoms with E-state index in [2.05, 4.69) is 15.2 Å². The maximum atomic E-state index is 5.60. The lowest BCUT2D eigenvalue weighted by Crippen LogP contribution is -1.86. The Morgan fingerprint density at radius 1 is 1.38 bits per heavy atom. The Kier molecular flexibility index (Phi) is 3.51. The van der Waals surface area contributed by atoms with Gasteiger partial charge in [0, 0.05) is 18.5 Å². The molecule has 16 heavy (non-hydrogen) atoms. The van der Waals surface area contributed by atoms with E-state index in [0.29, 0.717) is 24.1 Å². The highest BCUT2D eigenvalue weighted by molar-refractivity contribution is 6.17. The molecule has 0 aliphatic carbocycles. The summed E-state index contributed by atoms with van der Waals surface area (Å²) < 4.78 is 5.51. The molecule has 0 fully saturated rings. The van der Waals surface area contributed by atoms with Crippen LogP contribution in [-0.4, -0.2) is 21.1 Å². The van der Waals surface area contributed by atoms with Crippen molar-refractivity contribution in [2.75, 3.05) is 5.88 Å². The van der Waals surface area contributed by atoms with Crippen LogP contribution < -0.4 is 0 Å². The number of halogens is 1. The lowest BCUT2D eigenvalue weighted by Gasteiger charge is -1.97. The Labute approximate surface area is 98.7 Å². The zero-order valence-electron chi connectivity index (χ0n) is 8.98. The van der Waals surface area contributed by atoms with Crippen LogP contribution in [0.1, 0.15) is 17.9 Å². The molecule has 0 amide bonds. The second-order valence-electron chi connectivity index (χ2n) is 3.46. The summed E-state index contributed by atoms with van der Waals surface area (Å²) in [5.74, 6) is 1.68. The summed E-state index contributed by atoms with van der Waals surface area (Å²) in [5, 5.41) is 7.93. The molecule has 84 valence electrons. The van der Waals surface area contributed by atoms with E-state index < -0.39 is 0 Å². The van der Waals surface area contributed by atoms with Crippen LogP contribution in [0.3, 0.4) is 0 Å². The highest BCUT2D eigenvalue weighted by Crippen LogP contribution is 2.19. The van der Waals surface area contributed by atoms with E-state index in [-0.39, 0.29) is 0 Å². The number of aryl methyl sites for hydroxylation is 2. The van der Waals surface area contributed by atoms with Gasteiger partial charge >= 0.3 is 0 Å². The van der Waals surface area contributed by atoms with Gasteiger partial charge in [-0.2, -0.15) is 0 Å². The van der Waals surface area contributed by atoms with Gasteiger partial charge in [0.25, 0.3) is 5.89 Å². The first-order valence-electron chi connectivity index (χ1n) is 5.11. The van der Waals surface area contributed by atoms with Gasteiger partial charge in [0.15, 0.2) is 0 Å². The number of nitrogens with zero attached hydrogens (tertiary/aromatic N) is 3. The second-order valence-corrected chi connectivity index (χ2v) is 3.84. The molecule has 0 aromatic carbocycles. The third-order valence-corrected chi connectivity index (χ3v) is 2.47. The van der Waals surface area contributed by atoms with Gasteiger partial charge in [0.2, 0.25) is 5.89 Å². The normalized spacial score (nSPS) is 10.6. The average molecular weight is 238 g/mol. The summed E-state index contributed by atoms with van der Waals surface area (Å²) in [5.41, 5.74) is 1.77. The first-order valence-corrected chi connectivity index (χ1v) is 5.65. The van der Waals surface area contributed by atoms with Gasteiger partial charge < -0.3 is 4.42 Å². The van der Waals surface area contributed by atoms with Crippen LogP contribution in [0.4, 0.5) is 0 Å². The van der Waals surface area contributed by atoms with Crippen LogP contribution in [0.2, 0.25) is 0 Å². The number of aromatic nitrogens is 3. The molecular weight excluding hydrogens is 226 g/mol. The van der Waals surface area contributed by atoms with Crippen molar-refractivity contribution in [2.24, 2.45) is 0 Å². The van der Waals surface area contributed by atoms with Crippen molar-refractivity contribution in [1.82, 2.24) is 15.2 Å². The van der Waals surface area contributed by atoms with Gasteiger partial charge in [-0.1, -0.05) is 6.07 Å². The Morgan fingerprint density at radius 3 is 3.00 bits per heavy atom. The molecule has 2 heterocycles. The smallest absolute Gasteiger partial charge is 0.266 e. The fourth-order valence-electron chi connectivity index (χ4n) is 1.38. The van der Waals surface area contributed by atoms with Gasteiger partial charge in [-0.25, -0.2) is 0 Å². The van der Waals surface area contributed by atoms with Crippen LogP contribution >= 0.6 is 11.6 Å². The van der Waals surface area contributed by atoms with Crippen molar-refractivity contribution in [3.63, 3.8) is 0 Å². The summed E-state index contributed by atoms with van der Waals surface area (Å²) >= 11 is 5.60. The van der Waals surface area contributed by atoms with Gasteiger partial charge in [-0.3, -0.25) is 4.98 Å². The summed E-state index contributed by atoms with van der Waals surface area (Å²) in [4.78, 5) is 4.22. The number of hydrogen-bond donors (Lipinski definition) is 0. The largest absolute Gasteiger partial charge is 0.419 e. The first kappa shape index (κ1) is 11.1. The Bertz CT molecular complexity index is 470. The topological polar surface area (TPSA) is 51.8 Å². The number of alkyl halides is 1. The Morgan fingerprint density at radius 2 is 2.25 bits per heavy atom. The van der Waals surface area contributed by atoms with Crippen molar-refractivity contribution in [2.45, 2.75) is 19.8 Å². The molecule has 0 unspecified atom stereocenters. The predicted molar refractivity (Wildman–Crippen MR) is 61.3 cm³/mol. The molecule has 4 nitrogen and oxygen atoms in total. The molecule has 2 aromatic heterocycles. The van der Waals surface area contributed by atoms with E-state index in [1.807, 2.05) is 19.1 Å². The molecule has 0 aliphatic heterocycles. The van der Waals surface area contributed by atoms with Gasteiger partial charge in [-0.15, -0.1) is 21.8 Å².